The molecule has 0 aromatic heterocycles. The molecule has 2 saturated heterocycles. The van der Waals surface area contributed by atoms with Crippen LogP contribution in [0.1, 0.15) is 40.5 Å². The molecule has 20 heavy (non-hydrogen) atoms. The van der Waals surface area contributed by atoms with E-state index in [9.17, 15) is 0 Å². The molecule has 0 aliphatic carbocycles. The van der Waals surface area contributed by atoms with Crippen molar-refractivity contribution in [3.05, 3.63) is 11.7 Å². The average molecular weight is 281 g/mol. The number of hydrogen-bond donors (Lipinski definition) is 2. The molecule has 5 nitrogen and oxygen atoms in total. The normalized spacial score (nSPS) is 26.8. The predicted molar refractivity (Wildman–Crippen MR) is 78.7 cm³/mol. The first-order chi connectivity index (χ1) is 9.36. The molecule has 0 saturated carbocycles. The highest BCUT2D eigenvalue weighted by molar-refractivity contribution is 6.60. The second kappa shape index (κ2) is 5.97. The summed E-state index contributed by atoms with van der Waals surface area (Å²) in [4.78, 5) is 0. The van der Waals surface area contributed by atoms with E-state index in [1.54, 1.807) is 0 Å². The van der Waals surface area contributed by atoms with Gasteiger partial charge in [0, 0.05) is 19.1 Å². The molecule has 0 amide bonds. The standard InChI is InChI=1S/C14H25BN2O3/c1-13(2)14(3,4)20-15(19-13)11(9-16)10-17-12-5-7-18-8-6-12/h9-10,12,16-17H,5-8H2,1-4H3/p+1. The summed E-state index contributed by atoms with van der Waals surface area (Å²) in [6.07, 6.45) is 5.40. The zero-order chi connectivity index (χ0) is 14.8. The topological polar surface area (TPSA) is 68.2 Å². The molecule has 0 radical (unpaired) electrons. The van der Waals surface area contributed by atoms with E-state index in [4.69, 9.17) is 19.5 Å². The first kappa shape index (κ1) is 15.7. The maximum absolute atomic E-state index is 7.60. The lowest BCUT2D eigenvalue weighted by atomic mass is 9.79. The summed E-state index contributed by atoms with van der Waals surface area (Å²) in [5.41, 5.74) is 0.0480. The predicted octanol–water partition coefficient (Wildman–Crippen LogP) is 0.894. The summed E-state index contributed by atoms with van der Waals surface area (Å²) in [6.45, 7) is 9.75. The van der Waals surface area contributed by atoms with Gasteiger partial charge in [0.15, 0.2) is 0 Å². The highest BCUT2D eigenvalue weighted by Crippen LogP contribution is 2.38. The molecule has 0 aromatic carbocycles. The second-order valence-electron chi connectivity index (χ2n) is 6.54. The van der Waals surface area contributed by atoms with Crippen LogP contribution in [0, 0.1) is 5.41 Å². The monoisotopic (exact) mass is 281 g/mol. The molecule has 2 rings (SSSR count). The molecule has 2 heterocycles. The van der Waals surface area contributed by atoms with Gasteiger partial charge in [-0.25, -0.2) is 0 Å². The third-order valence-electron chi connectivity index (χ3n) is 4.52. The third-order valence-corrected chi connectivity index (χ3v) is 4.52. The Morgan fingerprint density at radius 2 is 1.70 bits per heavy atom. The van der Waals surface area contributed by atoms with Crippen molar-refractivity contribution in [2.24, 2.45) is 0 Å². The maximum Gasteiger partial charge on any atom is 0.501 e. The van der Waals surface area contributed by atoms with Gasteiger partial charge in [-0.05, 0) is 27.7 Å². The van der Waals surface area contributed by atoms with Gasteiger partial charge in [-0.1, -0.05) is 0 Å². The van der Waals surface area contributed by atoms with Gasteiger partial charge >= 0.3 is 7.12 Å². The minimum atomic E-state index is -0.450. The van der Waals surface area contributed by atoms with E-state index in [0.29, 0.717) is 6.04 Å². The van der Waals surface area contributed by atoms with Crippen LogP contribution >= 0.6 is 0 Å². The van der Waals surface area contributed by atoms with Crippen LogP contribution in [0.15, 0.2) is 11.7 Å². The number of allylic oxidation sites excluding steroid dienone is 1. The van der Waals surface area contributed by atoms with Crippen LogP contribution in [0.4, 0.5) is 0 Å². The van der Waals surface area contributed by atoms with Gasteiger partial charge < -0.3 is 24.8 Å². The van der Waals surface area contributed by atoms with E-state index in [-0.39, 0.29) is 11.2 Å². The van der Waals surface area contributed by atoms with Crippen molar-refractivity contribution in [3.8, 4) is 0 Å². The van der Waals surface area contributed by atoms with E-state index in [1.807, 2.05) is 33.9 Å². The van der Waals surface area contributed by atoms with Gasteiger partial charge in [-0.3, -0.25) is 0 Å². The highest BCUT2D eigenvalue weighted by Gasteiger charge is 2.52. The number of ether oxygens (including phenoxy) is 1. The van der Waals surface area contributed by atoms with Gasteiger partial charge in [0.2, 0.25) is 0 Å². The molecular weight excluding hydrogens is 255 g/mol. The SMILES string of the molecule is CC1(C)OB(C(C=N)=C[NH2+]C2CCOCC2)OC1(C)C. The molecule has 0 unspecified atom stereocenters. The lowest BCUT2D eigenvalue weighted by molar-refractivity contribution is -0.631. The molecule has 112 valence electrons. The molecule has 2 fully saturated rings. The van der Waals surface area contributed by atoms with Gasteiger partial charge in [0.1, 0.15) is 0 Å². The summed E-state index contributed by atoms with van der Waals surface area (Å²) in [5, 5.41) is 9.76. The summed E-state index contributed by atoms with van der Waals surface area (Å²) >= 11 is 0. The summed E-state index contributed by atoms with van der Waals surface area (Å²) in [5.74, 6) is 0. The minimum absolute atomic E-state index is 0.363. The lowest BCUT2D eigenvalue weighted by Gasteiger charge is -2.32. The Balaban J connectivity index is 2.00. The number of hydrogen-bond acceptors (Lipinski definition) is 4. The zero-order valence-corrected chi connectivity index (χ0v) is 12.9. The van der Waals surface area contributed by atoms with Crippen LogP contribution in [0.3, 0.4) is 0 Å². The van der Waals surface area contributed by atoms with E-state index >= 15 is 0 Å². The number of quaternary nitrogens is 1. The molecule has 6 heteroatoms. The fourth-order valence-electron chi connectivity index (χ4n) is 2.33. The van der Waals surface area contributed by atoms with Crippen LogP contribution in [0.25, 0.3) is 0 Å². The number of nitrogens with two attached hydrogens (primary N) is 1. The fourth-order valence-corrected chi connectivity index (χ4v) is 2.33. The Kier molecular flexibility index (Phi) is 4.69. The Morgan fingerprint density at radius 1 is 1.15 bits per heavy atom. The van der Waals surface area contributed by atoms with Crippen molar-refractivity contribution in [1.82, 2.24) is 0 Å². The zero-order valence-electron chi connectivity index (χ0n) is 12.9. The number of nitrogens with one attached hydrogen (secondary N) is 1. The van der Waals surface area contributed by atoms with Crippen LogP contribution in [0.2, 0.25) is 0 Å². The smallest absolute Gasteiger partial charge is 0.399 e. The Hall–Kier alpha value is -0.685. The molecule has 3 N–H and O–H groups in total. The van der Waals surface area contributed by atoms with Crippen molar-refractivity contribution in [3.63, 3.8) is 0 Å². The van der Waals surface area contributed by atoms with Gasteiger partial charge in [-0.2, -0.15) is 0 Å². The molecule has 0 aromatic rings. The minimum Gasteiger partial charge on any atom is -0.399 e. The van der Waals surface area contributed by atoms with Gasteiger partial charge in [-0.15, -0.1) is 0 Å². The van der Waals surface area contributed by atoms with Crippen molar-refractivity contribution in [1.29, 1.82) is 5.41 Å². The van der Waals surface area contributed by atoms with Crippen molar-refractivity contribution < 1.29 is 19.4 Å². The average Bonchev–Trinajstić information content (AvgIpc) is 2.60. The van der Waals surface area contributed by atoms with Crippen LogP contribution in [-0.4, -0.2) is 43.8 Å². The quantitative estimate of drug-likeness (QED) is 0.594. The first-order valence-corrected chi connectivity index (χ1v) is 7.34. The fraction of sp³-hybridized carbons (Fsp3) is 0.786. The maximum atomic E-state index is 7.60. The van der Waals surface area contributed by atoms with Crippen molar-refractivity contribution >= 4 is 13.3 Å². The molecule has 2 aliphatic heterocycles. The highest BCUT2D eigenvalue weighted by atomic mass is 16.7. The Bertz CT molecular complexity index is 374. The summed E-state index contributed by atoms with van der Waals surface area (Å²) < 4.78 is 17.3. The molecular formula is C14H26BN2O3+. The molecule has 2 aliphatic rings. The van der Waals surface area contributed by atoms with E-state index in [2.05, 4.69) is 5.32 Å². The van der Waals surface area contributed by atoms with Gasteiger partial charge in [0.25, 0.3) is 0 Å². The van der Waals surface area contributed by atoms with E-state index < -0.39 is 7.12 Å². The summed E-state index contributed by atoms with van der Waals surface area (Å²) in [6, 6.07) is 0.529. The Morgan fingerprint density at radius 3 is 2.20 bits per heavy atom. The first-order valence-electron chi connectivity index (χ1n) is 7.34. The van der Waals surface area contributed by atoms with Crippen LogP contribution in [-0.2, 0) is 14.0 Å². The Labute approximate surface area is 121 Å². The van der Waals surface area contributed by atoms with Crippen molar-refractivity contribution in [2.45, 2.75) is 57.8 Å². The molecule has 0 atom stereocenters. The summed E-state index contributed by atoms with van der Waals surface area (Å²) in [7, 11) is -0.450. The largest absolute Gasteiger partial charge is 0.501 e. The lowest BCUT2D eigenvalue weighted by Crippen LogP contribution is -2.85. The van der Waals surface area contributed by atoms with E-state index in [1.165, 1.54) is 6.21 Å². The van der Waals surface area contributed by atoms with Crippen molar-refractivity contribution in [2.75, 3.05) is 13.2 Å². The van der Waals surface area contributed by atoms with Crippen LogP contribution < -0.4 is 5.32 Å². The third kappa shape index (κ3) is 3.31. The van der Waals surface area contributed by atoms with E-state index in [0.717, 1.165) is 31.5 Å². The second-order valence-corrected chi connectivity index (χ2v) is 6.54. The molecule has 0 bridgehead atoms. The van der Waals surface area contributed by atoms with Gasteiger partial charge in [0.05, 0.1) is 42.1 Å². The number of rotatable bonds is 4. The van der Waals surface area contributed by atoms with Crippen LogP contribution in [0.5, 0.6) is 0 Å². The molecule has 0 spiro atoms.